The molecule has 0 radical (unpaired) electrons. The Morgan fingerprint density at radius 2 is 0.650 bits per heavy atom. The van der Waals surface area contributed by atoms with Gasteiger partial charge in [0.1, 0.15) is 0 Å². The second kappa shape index (κ2) is 5.09. The van der Waals surface area contributed by atoms with E-state index in [2.05, 4.69) is 52.0 Å². The summed E-state index contributed by atoms with van der Waals surface area (Å²) >= 11 is 0. The van der Waals surface area contributed by atoms with Gasteiger partial charge in [-0.05, 0) is 97.9 Å². The lowest BCUT2D eigenvalue weighted by molar-refractivity contribution is 0.833. The van der Waals surface area contributed by atoms with E-state index in [4.69, 9.17) is 0 Å². The van der Waals surface area contributed by atoms with Crippen molar-refractivity contribution in [1.29, 1.82) is 0 Å². The van der Waals surface area contributed by atoms with Crippen LogP contribution in [0.5, 0.6) is 0 Å². The molecule has 0 unspecified atom stereocenters. The molecule has 0 N–H and O–H groups in total. The predicted octanol–water partition coefficient (Wildman–Crippen LogP) is 4.80. The molecule has 3 rings (SSSR count). The van der Waals surface area contributed by atoms with Gasteiger partial charge in [-0.3, -0.25) is 0 Å². The van der Waals surface area contributed by atoms with E-state index in [0.29, 0.717) is 0 Å². The molecule has 0 heteroatoms. The highest BCUT2D eigenvalue weighted by atomic mass is 14.2. The van der Waals surface area contributed by atoms with Crippen LogP contribution in [0, 0.1) is 27.7 Å². The van der Waals surface area contributed by atoms with Crippen LogP contribution in [0.4, 0.5) is 0 Å². The van der Waals surface area contributed by atoms with Crippen molar-refractivity contribution in [2.45, 2.75) is 53.4 Å². The molecule has 0 aromatic heterocycles. The number of hydrogen-bond acceptors (Lipinski definition) is 0. The van der Waals surface area contributed by atoms with Crippen molar-refractivity contribution >= 4 is 0 Å². The third-order valence-electron chi connectivity index (χ3n) is 4.96. The predicted molar refractivity (Wildman–Crippen MR) is 86.6 cm³/mol. The minimum absolute atomic E-state index is 1.19. The van der Waals surface area contributed by atoms with Crippen molar-refractivity contribution in [3.05, 3.63) is 68.8 Å². The fourth-order valence-electron chi connectivity index (χ4n) is 3.34. The molecule has 0 atom stereocenters. The molecule has 2 aromatic rings. The Kier molecular flexibility index (Phi) is 3.41. The van der Waals surface area contributed by atoms with E-state index >= 15 is 0 Å². The molecule has 1 aliphatic rings. The van der Waals surface area contributed by atoms with E-state index < -0.39 is 0 Å². The summed E-state index contributed by atoms with van der Waals surface area (Å²) in [4.78, 5) is 0. The zero-order valence-electron chi connectivity index (χ0n) is 13.1. The van der Waals surface area contributed by atoms with Crippen molar-refractivity contribution in [2.75, 3.05) is 0 Å². The first-order valence-electron chi connectivity index (χ1n) is 7.72. The maximum atomic E-state index is 2.41. The SMILES string of the molecule is Cc1cc2c(cc1C)CCc1cc(C)c(C)cc1CC2. The van der Waals surface area contributed by atoms with Gasteiger partial charge in [-0.2, -0.15) is 0 Å². The van der Waals surface area contributed by atoms with Gasteiger partial charge in [-0.25, -0.2) is 0 Å². The molecule has 0 amide bonds. The van der Waals surface area contributed by atoms with Crippen LogP contribution >= 0.6 is 0 Å². The normalized spacial score (nSPS) is 14.2. The molecule has 0 saturated heterocycles. The molecule has 0 fully saturated rings. The molecule has 0 nitrogen and oxygen atoms in total. The van der Waals surface area contributed by atoms with Gasteiger partial charge in [0.2, 0.25) is 0 Å². The van der Waals surface area contributed by atoms with E-state index in [-0.39, 0.29) is 0 Å². The summed E-state index contributed by atoms with van der Waals surface area (Å²) in [5.74, 6) is 0. The Hall–Kier alpha value is -1.56. The second-order valence-electron chi connectivity index (χ2n) is 6.41. The van der Waals surface area contributed by atoms with Crippen LogP contribution in [0.25, 0.3) is 0 Å². The average molecular weight is 264 g/mol. The number of rotatable bonds is 0. The van der Waals surface area contributed by atoms with Crippen molar-refractivity contribution in [1.82, 2.24) is 0 Å². The molecule has 0 bridgehead atoms. The van der Waals surface area contributed by atoms with Crippen LogP contribution in [0.15, 0.2) is 24.3 Å². The first-order chi connectivity index (χ1) is 9.54. The molecular formula is C20H24. The van der Waals surface area contributed by atoms with E-state index in [0.717, 1.165) is 0 Å². The number of hydrogen-bond donors (Lipinski definition) is 0. The van der Waals surface area contributed by atoms with E-state index in [1.54, 1.807) is 22.3 Å². The number of benzene rings is 2. The summed E-state index contributed by atoms with van der Waals surface area (Å²) in [6.07, 6.45) is 4.75. The Labute approximate surface area is 122 Å². The minimum Gasteiger partial charge on any atom is -0.0556 e. The molecule has 0 saturated carbocycles. The zero-order valence-corrected chi connectivity index (χ0v) is 13.1. The van der Waals surface area contributed by atoms with Crippen LogP contribution in [-0.4, -0.2) is 0 Å². The van der Waals surface area contributed by atoms with Gasteiger partial charge in [0.05, 0.1) is 0 Å². The summed E-state index contributed by atoms with van der Waals surface area (Å²) in [7, 11) is 0. The van der Waals surface area contributed by atoms with Gasteiger partial charge in [0, 0.05) is 0 Å². The van der Waals surface area contributed by atoms with Gasteiger partial charge in [0.15, 0.2) is 0 Å². The summed E-state index contributed by atoms with van der Waals surface area (Å²) < 4.78 is 0. The summed E-state index contributed by atoms with van der Waals surface area (Å²) in [5, 5.41) is 0. The molecule has 0 spiro atoms. The highest BCUT2D eigenvalue weighted by Gasteiger charge is 2.13. The summed E-state index contributed by atoms with van der Waals surface area (Å²) in [6.45, 7) is 8.93. The maximum Gasteiger partial charge on any atom is -0.0235 e. The van der Waals surface area contributed by atoms with E-state index in [1.807, 2.05) is 0 Å². The van der Waals surface area contributed by atoms with Gasteiger partial charge in [0.25, 0.3) is 0 Å². The monoisotopic (exact) mass is 264 g/mol. The summed E-state index contributed by atoms with van der Waals surface area (Å²) in [6, 6.07) is 9.65. The van der Waals surface area contributed by atoms with E-state index in [9.17, 15) is 0 Å². The quantitative estimate of drug-likeness (QED) is 0.641. The Morgan fingerprint density at radius 1 is 0.450 bits per heavy atom. The number of aryl methyl sites for hydroxylation is 8. The van der Waals surface area contributed by atoms with Gasteiger partial charge in [-0.15, -0.1) is 0 Å². The maximum absolute atomic E-state index is 2.41. The second-order valence-corrected chi connectivity index (χ2v) is 6.41. The largest absolute Gasteiger partial charge is 0.0556 e. The molecule has 104 valence electrons. The van der Waals surface area contributed by atoms with Crippen LogP contribution in [0.1, 0.15) is 44.5 Å². The molecule has 0 heterocycles. The van der Waals surface area contributed by atoms with Crippen molar-refractivity contribution in [3.8, 4) is 0 Å². The topological polar surface area (TPSA) is 0 Å². The zero-order chi connectivity index (χ0) is 14.3. The van der Waals surface area contributed by atoms with Gasteiger partial charge in [-0.1, -0.05) is 24.3 Å². The Morgan fingerprint density at radius 3 is 0.850 bits per heavy atom. The summed E-state index contributed by atoms with van der Waals surface area (Å²) in [5.41, 5.74) is 12.0. The average Bonchev–Trinajstić information content (AvgIpc) is 2.40. The van der Waals surface area contributed by atoms with Crippen LogP contribution < -0.4 is 0 Å². The van der Waals surface area contributed by atoms with Crippen LogP contribution in [-0.2, 0) is 25.7 Å². The molecule has 0 aliphatic heterocycles. The molecule has 1 aliphatic carbocycles. The van der Waals surface area contributed by atoms with Crippen molar-refractivity contribution in [3.63, 3.8) is 0 Å². The fraction of sp³-hybridized carbons (Fsp3) is 0.400. The van der Waals surface area contributed by atoms with Gasteiger partial charge >= 0.3 is 0 Å². The van der Waals surface area contributed by atoms with Gasteiger partial charge < -0.3 is 0 Å². The highest BCUT2D eigenvalue weighted by molar-refractivity contribution is 5.43. The molecule has 2 aromatic carbocycles. The lowest BCUT2D eigenvalue weighted by Gasteiger charge is -2.20. The van der Waals surface area contributed by atoms with Crippen molar-refractivity contribution < 1.29 is 0 Å². The third-order valence-corrected chi connectivity index (χ3v) is 4.96. The molecule has 20 heavy (non-hydrogen) atoms. The van der Waals surface area contributed by atoms with Crippen LogP contribution in [0.3, 0.4) is 0 Å². The Bertz CT molecular complexity index is 545. The fourth-order valence-corrected chi connectivity index (χ4v) is 3.34. The lowest BCUT2D eigenvalue weighted by atomic mass is 9.85. The third kappa shape index (κ3) is 2.40. The first-order valence-corrected chi connectivity index (χ1v) is 7.72. The lowest BCUT2D eigenvalue weighted by Crippen LogP contribution is -2.08. The minimum atomic E-state index is 1.19. The molecular weight excluding hydrogens is 240 g/mol. The van der Waals surface area contributed by atoms with E-state index in [1.165, 1.54) is 47.9 Å². The highest BCUT2D eigenvalue weighted by Crippen LogP contribution is 2.26. The van der Waals surface area contributed by atoms with Crippen molar-refractivity contribution in [2.24, 2.45) is 0 Å². The Balaban J connectivity index is 2.00. The van der Waals surface area contributed by atoms with Crippen LogP contribution in [0.2, 0.25) is 0 Å². The number of fused-ring (bicyclic) bond motifs is 2. The smallest absolute Gasteiger partial charge is 0.0235 e. The first kappa shape index (κ1) is 13.4. The standard InChI is InChI=1S/C20H24/c1-13-9-17-5-6-19-11-15(3)16(4)12-20(19)8-7-18(17)10-14(13)2/h9-12H,5-8H2,1-4H3.